The van der Waals surface area contributed by atoms with Gasteiger partial charge < -0.3 is 44.6 Å². The fourth-order valence-electron chi connectivity index (χ4n) is 9.67. The molecule has 3 aliphatic rings. The van der Waals surface area contributed by atoms with E-state index in [0.29, 0.717) is 29.5 Å². The van der Waals surface area contributed by atoms with Gasteiger partial charge in [-0.05, 0) is 100 Å². The minimum atomic E-state index is -0.948. The highest BCUT2D eigenvalue weighted by Crippen LogP contribution is 2.37. The molecule has 3 aromatic carbocycles. The van der Waals surface area contributed by atoms with E-state index in [4.69, 9.17) is 24.2 Å². The minimum Gasteiger partial charge on any atom is -0.444 e. The number of amides is 5. The number of alkyl carbamates (subject to hydrolysis) is 2. The standard InChI is InChI=1S/C55H68FN9O8/c1-31(2)45(61-51(68)72-54(5,6)7)49(66)64-24-12-15-43(64)47-57-26-41(59-47)35-20-16-33(17-21-35)34-18-22-36(23-19-34)42-27-58-48(60-42)44-25-38(71-53(70)63-28-37-13-11-14-40(56)39(37)30-63)29-65(44)50(67)46(32(3)4)62-52(69)73-55(8,9)10/h11,13-14,16-23,26-27,31-32,38,43-46H,12,15,24-25,28-30H2,1-10H3,(H,57,59)(H,58,60)(H,61,68)(H,62,69)/t38-,43?,44?,45+,46+/m1/s1. The Morgan fingerprint density at radius 2 is 1.16 bits per heavy atom. The van der Waals surface area contributed by atoms with Crippen molar-refractivity contribution in [1.82, 2.24) is 45.3 Å². The van der Waals surface area contributed by atoms with E-state index in [1.165, 1.54) is 11.0 Å². The summed E-state index contributed by atoms with van der Waals surface area (Å²) >= 11 is 0. The number of nitrogens with zero attached hydrogens (tertiary/aromatic N) is 5. The Balaban J connectivity index is 0.946. The van der Waals surface area contributed by atoms with Crippen LogP contribution in [0.25, 0.3) is 33.6 Å². The Labute approximate surface area is 426 Å². The van der Waals surface area contributed by atoms with Gasteiger partial charge in [0.2, 0.25) is 11.8 Å². The first-order valence-corrected chi connectivity index (χ1v) is 25.1. The number of H-pyrrole nitrogens is 2. The van der Waals surface area contributed by atoms with E-state index in [2.05, 4.69) is 20.6 Å². The summed E-state index contributed by atoms with van der Waals surface area (Å²) in [6.07, 6.45) is 2.61. The van der Waals surface area contributed by atoms with Gasteiger partial charge in [-0.2, -0.15) is 0 Å². The largest absolute Gasteiger partial charge is 0.444 e. The molecule has 2 aromatic heterocycles. The summed E-state index contributed by atoms with van der Waals surface area (Å²) in [5.41, 5.74) is 5.01. The van der Waals surface area contributed by atoms with Gasteiger partial charge in [-0.15, -0.1) is 0 Å². The van der Waals surface area contributed by atoms with Gasteiger partial charge in [-0.3, -0.25) is 14.5 Å². The average molecular weight is 1000 g/mol. The van der Waals surface area contributed by atoms with Gasteiger partial charge >= 0.3 is 18.3 Å². The van der Waals surface area contributed by atoms with Crippen molar-refractivity contribution >= 4 is 30.1 Å². The molecule has 5 aromatic rings. The monoisotopic (exact) mass is 1000 g/mol. The van der Waals surface area contributed by atoms with Crippen molar-refractivity contribution in [3.8, 4) is 33.6 Å². The van der Waals surface area contributed by atoms with Crippen LogP contribution in [0.15, 0.2) is 79.1 Å². The quantitative estimate of drug-likeness (QED) is 0.0871. The average Bonchev–Trinajstić information content (AvgIpc) is 4.18. The number of hydrogen-bond donors (Lipinski definition) is 4. The molecule has 0 aliphatic carbocycles. The van der Waals surface area contributed by atoms with E-state index in [-0.39, 0.29) is 61.6 Å². The van der Waals surface area contributed by atoms with Crippen LogP contribution >= 0.6 is 0 Å². The number of nitrogens with one attached hydrogen (secondary N) is 4. The zero-order chi connectivity index (χ0) is 52.5. The van der Waals surface area contributed by atoms with Crippen molar-refractivity contribution in [2.45, 2.75) is 143 Å². The molecule has 73 heavy (non-hydrogen) atoms. The maximum atomic E-state index is 14.6. The number of fused-ring (bicyclic) bond motifs is 1. The number of carbonyl (C=O) groups is 5. The molecule has 5 atom stereocenters. The first-order chi connectivity index (χ1) is 34.5. The van der Waals surface area contributed by atoms with E-state index >= 15 is 0 Å². The molecule has 17 nitrogen and oxygen atoms in total. The number of rotatable bonds is 12. The highest BCUT2D eigenvalue weighted by molar-refractivity contribution is 5.87. The van der Waals surface area contributed by atoms with Crippen LogP contribution in [0.1, 0.15) is 123 Å². The second-order valence-corrected chi connectivity index (χ2v) is 21.9. The molecule has 0 saturated carbocycles. The van der Waals surface area contributed by atoms with Crippen molar-refractivity contribution < 1.29 is 42.6 Å². The Kier molecular flexibility index (Phi) is 15.0. The van der Waals surface area contributed by atoms with Crippen LogP contribution < -0.4 is 10.6 Å². The lowest BCUT2D eigenvalue weighted by atomic mass is 10.0. The molecule has 4 N–H and O–H groups in total. The van der Waals surface area contributed by atoms with Crippen LogP contribution in [0.5, 0.6) is 0 Å². The predicted octanol–water partition coefficient (Wildman–Crippen LogP) is 9.83. The zero-order valence-electron chi connectivity index (χ0n) is 43.4. The highest BCUT2D eigenvalue weighted by atomic mass is 19.1. The molecular formula is C55H68FN9O8. The van der Waals surface area contributed by atoms with Crippen LogP contribution in [-0.2, 0) is 36.9 Å². The van der Waals surface area contributed by atoms with Gasteiger partial charge in [-0.25, -0.2) is 28.7 Å². The number of imidazole rings is 2. The molecule has 2 fully saturated rings. The van der Waals surface area contributed by atoms with Gasteiger partial charge in [-0.1, -0.05) is 88.4 Å². The third-order valence-electron chi connectivity index (χ3n) is 13.3. The Morgan fingerprint density at radius 3 is 1.66 bits per heavy atom. The minimum absolute atomic E-state index is 0.0459. The molecule has 0 spiro atoms. The third kappa shape index (κ3) is 12.2. The summed E-state index contributed by atoms with van der Waals surface area (Å²) in [5.74, 6) is -0.202. The molecule has 8 rings (SSSR count). The van der Waals surface area contributed by atoms with Crippen LogP contribution in [0, 0.1) is 17.7 Å². The van der Waals surface area contributed by atoms with E-state index in [9.17, 15) is 28.4 Å². The van der Waals surface area contributed by atoms with Gasteiger partial charge in [0.15, 0.2) is 0 Å². The lowest BCUT2D eigenvalue weighted by Crippen LogP contribution is -2.52. The maximum absolute atomic E-state index is 14.6. The van der Waals surface area contributed by atoms with Gasteiger partial charge in [0, 0.05) is 25.1 Å². The topological polar surface area (TPSA) is 204 Å². The van der Waals surface area contributed by atoms with E-state index in [1.807, 2.05) is 76.2 Å². The highest BCUT2D eigenvalue weighted by Gasteiger charge is 2.44. The van der Waals surface area contributed by atoms with Crippen LogP contribution in [0.4, 0.5) is 18.8 Å². The molecular weight excluding hydrogens is 934 g/mol. The van der Waals surface area contributed by atoms with Crippen molar-refractivity contribution in [2.24, 2.45) is 11.8 Å². The smallest absolute Gasteiger partial charge is 0.410 e. The first kappa shape index (κ1) is 52.1. The summed E-state index contributed by atoms with van der Waals surface area (Å²) in [6.45, 7) is 19.0. The fourth-order valence-corrected chi connectivity index (χ4v) is 9.67. The van der Waals surface area contributed by atoms with Crippen LogP contribution in [0.3, 0.4) is 0 Å². The van der Waals surface area contributed by atoms with E-state index in [0.717, 1.165) is 46.4 Å². The van der Waals surface area contributed by atoms with Crippen molar-refractivity contribution in [3.05, 3.63) is 108 Å². The number of aromatic amines is 2. The Bertz CT molecular complexity index is 2810. The third-order valence-corrected chi connectivity index (χ3v) is 13.3. The summed E-state index contributed by atoms with van der Waals surface area (Å²) in [6, 6.07) is 18.3. The summed E-state index contributed by atoms with van der Waals surface area (Å²) in [5, 5.41) is 5.56. The Hall–Kier alpha value is -7.24. The molecule has 0 radical (unpaired) electrons. The summed E-state index contributed by atoms with van der Waals surface area (Å²) in [7, 11) is 0. The molecule has 3 aliphatic heterocycles. The molecule has 2 unspecified atom stereocenters. The molecule has 5 heterocycles. The van der Waals surface area contributed by atoms with Gasteiger partial charge in [0.25, 0.3) is 0 Å². The van der Waals surface area contributed by atoms with Gasteiger partial charge in [0.1, 0.15) is 46.9 Å². The lowest BCUT2D eigenvalue weighted by Gasteiger charge is -2.31. The van der Waals surface area contributed by atoms with E-state index in [1.54, 1.807) is 75.9 Å². The molecule has 5 amide bonds. The second-order valence-electron chi connectivity index (χ2n) is 21.9. The number of aromatic nitrogens is 4. The predicted molar refractivity (Wildman–Crippen MR) is 272 cm³/mol. The zero-order valence-corrected chi connectivity index (χ0v) is 43.4. The maximum Gasteiger partial charge on any atom is 0.410 e. The molecule has 388 valence electrons. The van der Waals surface area contributed by atoms with Crippen molar-refractivity contribution in [2.75, 3.05) is 13.1 Å². The molecule has 0 bridgehead atoms. The number of hydrogen-bond acceptors (Lipinski definition) is 10. The number of carbonyl (C=O) groups excluding carboxylic acids is 5. The van der Waals surface area contributed by atoms with E-state index < -0.39 is 53.7 Å². The fraction of sp³-hybridized carbons (Fsp3) is 0.473. The summed E-state index contributed by atoms with van der Waals surface area (Å²) in [4.78, 5) is 88.7. The molecule has 18 heteroatoms. The SMILES string of the molecule is CC(C)[C@H](NC(=O)OC(C)(C)C)C(=O)N1CCCC1c1ncc(-c2ccc(-c3ccc(-c4cnc(C5C[C@@H](OC(=O)N6Cc7cccc(F)c7C6)CN5C(=O)[C@@H](NC(=O)OC(C)(C)C)C(C)C)[nH]4)cc3)cc2)[nH]1. The summed E-state index contributed by atoms with van der Waals surface area (Å²) < 4.78 is 31.5. The van der Waals surface area contributed by atoms with Crippen LogP contribution in [-0.4, -0.2) is 107 Å². The second kappa shape index (κ2) is 21.1. The normalized spacial score (nSPS) is 18.7. The Morgan fingerprint density at radius 1 is 0.671 bits per heavy atom. The number of halogens is 1. The number of ether oxygens (including phenoxy) is 3. The van der Waals surface area contributed by atoms with Crippen molar-refractivity contribution in [3.63, 3.8) is 0 Å². The number of likely N-dealkylation sites (tertiary alicyclic amines) is 2. The van der Waals surface area contributed by atoms with Gasteiger partial charge in [0.05, 0.1) is 49.0 Å². The first-order valence-electron chi connectivity index (χ1n) is 25.1. The van der Waals surface area contributed by atoms with Crippen molar-refractivity contribution in [1.29, 1.82) is 0 Å². The van der Waals surface area contributed by atoms with Crippen LogP contribution in [0.2, 0.25) is 0 Å². The number of benzene rings is 3. The molecule has 2 saturated heterocycles. The lowest BCUT2D eigenvalue weighted by molar-refractivity contribution is -0.136.